The Bertz CT molecular complexity index is 595. The summed E-state index contributed by atoms with van der Waals surface area (Å²) in [6.45, 7) is 2.60. The van der Waals surface area contributed by atoms with Crippen molar-refractivity contribution in [3.63, 3.8) is 0 Å². The molecule has 100 valence electrons. The van der Waals surface area contributed by atoms with E-state index in [1.165, 1.54) is 12.4 Å². The molecule has 9 nitrogen and oxygen atoms in total. The third-order valence-electron chi connectivity index (χ3n) is 2.49. The first kappa shape index (κ1) is 12.9. The molecule has 0 bridgehead atoms. The molecule has 0 amide bonds. The van der Waals surface area contributed by atoms with Crippen LogP contribution in [0, 0.1) is 10.1 Å². The molecule has 0 saturated carbocycles. The number of hydrogen-bond acceptors (Lipinski definition) is 7. The smallest absolute Gasteiger partial charge is 0.315 e. The third-order valence-corrected chi connectivity index (χ3v) is 2.49. The van der Waals surface area contributed by atoms with E-state index in [0.29, 0.717) is 18.2 Å². The van der Waals surface area contributed by atoms with E-state index in [2.05, 4.69) is 25.6 Å². The Labute approximate surface area is 108 Å². The fourth-order valence-corrected chi connectivity index (χ4v) is 1.64. The molecule has 2 heterocycles. The summed E-state index contributed by atoms with van der Waals surface area (Å²) < 4.78 is 1.59. The van der Waals surface area contributed by atoms with Gasteiger partial charge in [-0.05, 0) is 6.42 Å². The van der Waals surface area contributed by atoms with Crippen LogP contribution in [0.5, 0.6) is 0 Å². The van der Waals surface area contributed by atoms with Gasteiger partial charge in [0, 0.05) is 13.6 Å². The number of rotatable bonds is 5. The van der Waals surface area contributed by atoms with Gasteiger partial charge in [-0.2, -0.15) is 0 Å². The summed E-state index contributed by atoms with van der Waals surface area (Å²) in [6, 6.07) is 0. The van der Waals surface area contributed by atoms with Crippen molar-refractivity contribution in [2.75, 3.05) is 12.4 Å². The lowest BCUT2D eigenvalue weighted by atomic mass is 10.2. The van der Waals surface area contributed by atoms with Gasteiger partial charge in [0.15, 0.2) is 5.69 Å². The van der Waals surface area contributed by atoms with Gasteiger partial charge in [0.05, 0.1) is 11.1 Å². The predicted octanol–water partition coefficient (Wildman–Crippen LogP) is 1.09. The Morgan fingerprint density at radius 2 is 2.26 bits per heavy atom. The fraction of sp³-hybridized carbons (Fsp3) is 0.400. The molecule has 0 aliphatic heterocycles. The zero-order chi connectivity index (χ0) is 13.8. The van der Waals surface area contributed by atoms with Crippen molar-refractivity contribution in [2.24, 2.45) is 0 Å². The Morgan fingerprint density at radius 1 is 1.47 bits per heavy atom. The molecule has 0 atom stereocenters. The lowest BCUT2D eigenvalue weighted by Crippen LogP contribution is -2.06. The second-order valence-corrected chi connectivity index (χ2v) is 3.78. The Kier molecular flexibility index (Phi) is 3.64. The quantitative estimate of drug-likeness (QED) is 0.634. The minimum atomic E-state index is -0.516. The normalized spacial score (nSPS) is 10.4. The minimum Gasteiger partial charge on any atom is -0.357 e. The molecule has 0 spiro atoms. The van der Waals surface area contributed by atoms with Crippen LogP contribution in [0.2, 0.25) is 0 Å². The Hall–Kier alpha value is -2.58. The first-order valence-corrected chi connectivity index (χ1v) is 5.75. The summed E-state index contributed by atoms with van der Waals surface area (Å²) in [4.78, 5) is 18.5. The van der Waals surface area contributed by atoms with Gasteiger partial charge in [-0.25, -0.2) is 14.6 Å². The van der Waals surface area contributed by atoms with Crippen LogP contribution in [0.1, 0.15) is 13.3 Å². The van der Waals surface area contributed by atoms with Gasteiger partial charge in [-0.1, -0.05) is 12.1 Å². The van der Waals surface area contributed by atoms with E-state index in [1.807, 2.05) is 6.92 Å². The Morgan fingerprint density at radius 3 is 2.89 bits per heavy atom. The first-order valence-electron chi connectivity index (χ1n) is 5.75. The van der Waals surface area contributed by atoms with Crippen LogP contribution < -0.4 is 5.32 Å². The summed E-state index contributed by atoms with van der Waals surface area (Å²) in [5.74, 6) is 0.310. The molecule has 2 aromatic rings. The maximum atomic E-state index is 11.0. The number of nitrogens with one attached hydrogen (secondary N) is 1. The van der Waals surface area contributed by atoms with Crippen LogP contribution in [0.3, 0.4) is 0 Å². The second kappa shape index (κ2) is 5.38. The molecule has 0 fully saturated rings. The SMILES string of the molecule is CCCn1nncc1-c1nc(NC)ncc1[N+](=O)[O-]. The van der Waals surface area contributed by atoms with Crippen molar-refractivity contribution < 1.29 is 4.92 Å². The van der Waals surface area contributed by atoms with Gasteiger partial charge in [0.1, 0.15) is 11.9 Å². The molecule has 9 heteroatoms. The molecule has 19 heavy (non-hydrogen) atoms. The number of nitro groups is 1. The largest absolute Gasteiger partial charge is 0.357 e. The third kappa shape index (κ3) is 2.49. The van der Waals surface area contributed by atoms with Crippen LogP contribution in [-0.4, -0.2) is 36.9 Å². The van der Waals surface area contributed by atoms with Gasteiger partial charge in [-0.3, -0.25) is 10.1 Å². The molecule has 0 saturated heterocycles. The van der Waals surface area contributed by atoms with Crippen LogP contribution in [0.4, 0.5) is 11.6 Å². The monoisotopic (exact) mass is 263 g/mol. The number of aryl methyl sites for hydroxylation is 1. The maximum absolute atomic E-state index is 11.0. The number of hydrogen-bond donors (Lipinski definition) is 1. The zero-order valence-corrected chi connectivity index (χ0v) is 10.6. The highest BCUT2D eigenvalue weighted by Gasteiger charge is 2.22. The van der Waals surface area contributed by atoms with Gasteiger partial charge >= 0.3 is 5.69 Å². The van der Waals surface area contributed by atoms with Crippen molar-refractivity contribution >= 4 is 11.6 Å². The van der Waals surface area contributed by atoms with Crippen molar-refractivity contribution in [2.45, 2.75) is 19.9 Å². The number of nitrogens with zero attached hydrogens (tertiary/aromatic N) is 6. The summed E-state index contributed by atoms with van der Waals surface area (Å²) in [7, 11) is 1.65. The molecular formula is C10H13N7O2. The van der Waals surface area contributed by atoms with E-state index < -0.39 is 4.92 Å². The molecule has 2 aromatic heterocycles. The lowest BCUT2D eigenvalue weighted by molar-refractivity contribution is -0.384. The predicted molar refractivity (Wildman–Crippen MR) is 67.5 cm³/mol. The van der Waals surface area contributed by atoms with Crippen LogP contribution in [-0.2, 0) is 6.54 Å². The van der Waals surface area contributed by atoms with E-state index in [9.17, 15) is 10.1 Å². The molecule has 0 aliphatic carbocycles. The van der Waals surface area contributed by atoms with E-state index in [1.54, 1.807) is 11.7 Å². The van der Waals surface area contributed by atoms with E-state index in [0.717, 1.165) is 6.42 Å². The molecular weight excluding hydrogens is 250 g/mol. The molecule has 2 rings (SSSR count). The second-order valence-electron chi connectivity index (χ2n) is 3.78. The van der Waals surface area contributed by atoms with Crippen LogP contribution >= 0.6 is 0 Å². The van der Waals surface area contributed by atoms with Crippen molar-refractivity contribution in [1.29, 1.82) is 0 Å². The van der Waals surface area contributed by atoms with Crippen LogP contribution in [0.15, 0.2) is 12.4 Å². The zero-order valence-electron chi connectivity index (χ0n) is 10.6. The van der Waals surface area contributed by atoms with Crippen molar-refractivity contribution in [3.8, 4) is 11.4 Å². The highest BCUT2D eigenvalue weighted by Crippen LogP contribution is 2.27. The van der Waals surface area contributed by atoms with Crippen molar-refractivity contribution in [1.82, 2.24) is 25.0 Å². The minimum absolute atomic E-state index is 0.168. The average Bonchev–Trinajstić information content (AvgIpc) is 2.86. The highest BCUT2D eigenvalue weighted by atomic mass is 16.6. The standard InChI is InChI=1S/C10H13N7O2/c1-3-4-16-7(6-13-15-16)9-8(17(18)19)5-12-10(11-2)14-9/h5-6H,3-4H2,1-2H3,(H,11,12,14). The van der Waals surface area contributed by atoms with E-state index in [4.69, 9.17) is 0 Å². The number of aromatic nitrogens is 5. The van der Waals surface area contributed by atoms with Gasteiger partial charge in [-0.15, -0.1) is 5.10 Å². The fourth-order valence-electron chi connectivity index (χ4n) is 1.64. The topological polar surface area (TPSA) is 112 Å². The van der Waals surface area contributed by atoms with Gasteiger partial charge in [0.2, 0.25) is 5.95 Å². The molecule has 0 radical (unpaired) electrons. The summed E-state index contributed by atoms with van der Waals surface area (Å²) in [5.41, 5.74) is 0.550. The van der Waals surface area contributed by atoms with Crippen LogP contribution in [0.25, 0.3) is 11.4 Å². The average molecular weight is 263 g/mol. The summed E-state index contributed by atoms with van der Waals surface area (Å²) in [6.07, 6.45) is 3.48. The first-order chi connectivity index (χ1) is 9.17. The number of anilines is 1. The van der Waals surface area contributed by atoms with Gasteiger partial charge in [0.25, 0.3) is 0 Å². The maximum Gasteiger partial charge on any atom is 0.315 e. The summed E-state index contributed by atoms with van der Waals surface area (Å²) in [5, 5.41) is 21.5. The van der Waals surface area contributed by atoms with E-state index >= 15 is 0 Å². The van der Waals surface area contributed by atoms with Crippen molar-refractivity contribution in [3.05, 3.63) is 22.5 Å². The summed E-state index contributed by atoms with van der Waals surface area (Å²) >= 11 is 0. The molecule has 0 unspecified atom stereocenters. The molecule has 0 aromatic carbocycles. The highest BCUT2D eigenvalue weighted by molar-refractivity contribution is 5.66. The Balaban J connectivity index is 2.58. The lowest BCUT2D eigenvalue weighted by Gasteiger charge is -2.06. The van der Waals surface area contributed by atoms with Gasteiger partial charge < -0.3 is 5.32 Å². The molecule has 1 N–H and O–H groups in total. The van der Waals surface area contributed by atoms with E-state index in [-0.39, 0.29) is 11.4 Å². The molecule has 0 aliphatic rings.